The van der Waals surface area contributed by atoms with Gasteiger partial charge in [0, 0.05) is 11.4 Å². The summed E-state index contributed by atoms with van der Waals surface area (Å²) in [6.45, 7) is 3.85. The molecule has 17 heavy (non-hydrogen) atoms. The van der Waals surface area contributed by atoms with Gasteiger partial charge in [0.15, 0.2) is 0 Å². The lowest BCUT2D eigenvalue weighted by molar-refractivity contribution is 0.0897. The van der Waals surface area contributed by atoms with E-state index >= 15 is 0 Å². The van der Waals surface area contributed by atoms with E-state index in [0.717, 1.165) is 5.56 Å². The predicted molar refractivity (Wildman–Crippen MR) is 69.2 cm³/mol. The van der Waals surface area contributed by atoms with Gasteiger partial charge in [-0.15, -0.1) is 11.6 Å². The molecule has 0 aliphatic carbocycles. The van der Waals surface area contributed by atoms with Crippen molar-refractivity contribution < 1.29 is 9.90 Å². The van der Waals surface area contributed by atoms with Crippen molar-refractivity contribution in [1.82, 2.24) is 5.32 Å². The molecular formula is C13H18ClNO2. The Morgan fingerprint density at radius 3 is 2.71 bits per heavy atom. The maximum absolute atomic E-state index is 11.9. The second kappa shape index (κ2) is 6.62. The molecule has 1 aromatic rings. The number of carbonyl (C=O) groups is 1. The second-order valence-corrected chi connectivity index (χ2v) is 4.61. The first kappa shape index (κ1) is 14.0. The molecule has 0 unspecified atom stereocenters. The van der Waals surface area contributed by atoms with Crippen LogP contribution < -0.4 is 5.32 Å². The summed E-state index contributed by atoms with van der Waals surface area (Å²) in [4.78, 5) is 11.9. The van der Waals surface area contributed by atoms with Gasteiger partial charge >= 0.3 is 0 Å². The molecule has 0 saturated heterocycles. The number of benzene rings is 1. The van der Waals surface area contributed by atoms with Gasteiger partial charge in [-0.2, -0.15) is 0 Å². The van der Waals surface area contributed by atoms with Crippen LogP contribution in [0.4, 0.5) is 0 Å². The van der Waals surface area contributed by atoms with E-state index in [1.807, 2.05) is 19.9 Å². The summed E-state index contributed by atoms with van der Waals surface area (Å²) in [5.41, 5.74) is 1.48. The highest BCUT2D eigenvalue weighted by Gasteiger charge is 2.16. The normalized spacial score (nSPS) is 12.5. The van der Waals surface area contributed by atoms with E-state index in [0.29, 0.717) is 11.4 Å². The fraction of sp³-hybridized carbons (Fsp3) is 0.462. The Morgan fingerprint density at radius 2 is 2.18 bits per heavy atom. The molecule has 1 rings (SSSR count). The topological polar surface area (TPSA) is 49.3 Å². The highest BCUT2D eigenvalue weighted by Crippen LogP contribution is 2.09. The monoisotopic (exact) mass is 255 g/mol. The van der Waals surface area contributed by atoms with Gasteiger partial charge in [-0.05, 0) is 23.6 Å². The average molecular weight is 256 g/mol. The fourth-order valence-electron chi connectivity index (χ4n) is 1.47. The highest BCUT2D eigenvalue weighted by atomic mass is 35.5. The van der Waals surface area contributed by atoms with E-state index < -0.39 is 0 Å². The van der Waals surface area contributed by atoms with Gasteiger partial charge in [0.25, 0.3) is 5.91 Å². The number of amides is 1. The number of halogens is 1. The molecule has 2 N–H and O–H groups in total. The minimum absolute atomic E-state index is 0.0569. The molecule has 0 fully saturated rings. The minimum Gasteiger partial charge on any atom is -0.394 e. The Hall–Kier alpha value is -1.06. The lowest BCUT2D eigenvalue weighted by atomic mass is 10.0. The van der Waals surface area contributed by atoms with Crippen molar-refractivity contribution in [2.75, 3.05) is 6.61 Å². The molecule has 0 radical (unpaired) electrons. The number of hydrogen-bond donors (Lipinski definition) is 2. The molecule has 0 aromatic heterocycles. The number of nitrogens with one attached hydrogen (secondary N) is 1. The standard InChI is InChI=1S/C13H18ClNO2/c1-9(2)12(8-16)15-13(17)11-5-3-4-10(6-11)7-14/h3-6,9,12,16H,7-8H2,1-2H3,(H,15,17)/t12-/m1/s1. The Bertz CT molecular complexity index is 379. The molecular weight excluding hydrogens is 238 g/mol. The summed E-state index contributed by atoms with van der Waals surface area (Å²) >= 11 is 5.72. The van der Waals surface area contributed by atoms with Crippen molar-refractivity contribution in [3.05, 3.63) is 35.4 Å². The molecule has 0 saturated carbocycles. The predicted octanol–water partition coefficient (Wildman–Crippen LogP) is 2.17. The van der Waals surface area contributed by atoms with Crippen molar-refractivity contribution in [2.45, 2.75) is 25.8 Å². The zero-order valence-electron chi connectivity index (χ0n) is 10.1. The van der Waals surface area contributed by atoms with E-state index in [1.165, 1.54) is 0 Å². The van der Waals surface area contributed by atoms with Gasteiger partial charge in [-0.1, -0.05) is 26.0 Å². The third-order valence-corrected chi connectivity index (χ3v) is 2.97. The summed E-state index contributed by atoms with van der Waals surface area (Å²) in [6.07, 6.45) is 0. The fourth-order valence-corrected chi connectivity index (χ4v) is 1.64. The van der Waals surface area contributed by atoms with Gasteiger partial charge in [0.1, 0.15) is 0 Å². The maximum Gasteiger partial charge on any atom is 0.251 e. The summed E-state index contributed by atoms with van der Waals surface area (Å²) in [5, 5.41) is 12.0. The second-order valence-electron chi connectivity index (χ2n) is 4.34. The lowest BCUT2D eigenvalue weighted by Crippen LogP contribution is -2.41. The molecule has 0 spiro atoms. The first-order chi connectivity index (χ1) is 8.08. The van der Waals surface area contributed by atoms with Crippen molar-refractivity contribution in [1.29, 1.82) is 0 Å². The molecule has 0 aliphatic heterocycles. The van der Waals surface area contributed by atoms with Crippen LogP contribution in [0.3, 0.4) is 0 Å². The highest BCUT2D eigenvalue weighted by molar-refractivity contribution is 6.17. The van der Waals surface area contributed by atoms with E-state index in [1.54, 1.807) is 18.2 Å². The van der Waals surface area contributed by atoms with Crippen molar-refractivity contribution in [2.24, 2.45) is 5.92 Å². The first-order valence-corrected chi connectivity index (χ1v) is 6.18. The van der Waals surface area contributed by atoms with Crippen LogP contribution >= 0.6 is 11.6 Å². The Balaban J connectivity index is 2.75. The molecule has 1 atom stereocenters. The summed E-state index contributed by atoms with van der Waals surface area (Å²) in [7, 11) is 0. The van der Waals surface area contributed by atoms with Crippen LogP contribution in [0.2, 0.25) is 0 Å². The number of alkyl halides is 1. The largest absolute Gasteiger partial charge is 0.394 e. The van der Waals surface area contributed by atoms with Gasteiger partial charge in [-0.25, -0.2) is 0 Å². The number of aliphatic hydroxyl groups excluding tert-OH is 1. The third-order valence-electron chi connectivity index (χ3n) is 2.66. The molecule has 1 aromatic carbocycles. The molecule has 0 aliphatic rings. The molecule has 0 heterocycles. The van der Waals surface area contributed by atoms with Gasteiger partial charge in [-0.3, -0.25) is 4.79 Å². The van der Waals surface area contributed by atoms with Crippen LogP contribution in [0.25, 0.3) is 0 Å². The van der Waals surface area contributed by atoms with Crippen molar-refractivity contribution in [3.8, 4) is 0 Å². The van der Waals surface area contributed by atoms with E-state index in [2.05, 4.69) is 5.32 Å². The van der Waals surface area contributed by atoms with Crippen LogP contribution in [0.15, 0.2) is 24.3 Å². The first-order valence-electron chi connectivity index (χ1n) is 5.65. The molecule has 0 bridgehead atoms. The number of hydrogen-bond acceptors (Lipinski definition) is 2. The summed E-state index contributed by atoms with van der Waals surface area (Å²) in [6, 6.07) is 6.95. The SMILES string of the molecule is CC(C)[C@@H](CO)NC(=O)c1cccc(CCl)c1. The van der Waals surface area contributed by atoms with Crippen LogP contribution in [-0.4, -0.2) is 23.7 Å². The van der Waals surface area contributed by atoms with E-state index in [-0.39, 0.29) is 24.5 Å². The summed E-state index contributed by atoms with van der Waals surface area (Å²) in [5.74, 6) is 0.402. The van der Waals surface area contributed by atoms with Crippen LogP contribution in [0, 0.1) is 5.92 Å². The maximum atomic E-state index is 11.9. The van der Waals surface area contributed by atoms with Crippen molar-refractivity contribution in [3.63, 3.8) is 0 Å². The third kappa shape index (κ3) is 4.02. The number of rotatable bonds is 5. The summed E-state index contributed by atoms with van der Waals surface area (Å²) < 4.78 is 0. The van der Waals surface area contributed by atoms with Gasteiger partial charge < -0.3 is 10.4 Å². The number of carbonyl (C=O) groups excluding carboxylic acids is 1. The Kier molecular flexibility index (Phi) is 5.45. The molecule has 94 valence electrons. The molecule has 3 nitrogen and oxygen atoms in total. The number of aliphatic hydroxyl groups is 1. The van der Waals surface area contributed by atoms with E-state index in [4.69, 9.17) is 16.7 Å². The van der Waals surface area contributed by atoms with Crippen LogP contribution in [-0.2, 0) is 5.88 Å². The van der Waals surface area contributed by atoms with Crippen LogP contribution in [0.5, 0.6) is 0 Å². The van der Waals surface area contributed by atoms with Crippen LogP contribution in [0.1, 0.15) is 29.8 Å². The van der Waals surface area contributed by atoms with E-state index in [9.17, 15) is 4.79 Å². The molecule has 4 heteroatoms. The zero-order valence-corrected chi connectivity index (χ0v) is 10.9. The van der Waals surface area contributed by atoms with Crippen molar-refractivity contribution >= 4 is 17.5 Å². The lowest BCUT2D eigenvalue weighted by Gasteiger charge is -2.19. The smallest absolute Gasteiger partial charge is 0.251 e. The quantitative estimate of drug-likeness (QED) is 0.793. The molecule has 1 amide bonds. The minimum atomic E-state index is -0.220. The Labute approximate surface area is 107 Å². The van der Waals surface area contributed by atoms with Gasteiger partial charge in [0.2, 0.25) is 0 Å². The van der Waals surface area contributed by atoms with Gasteiger partial charge in [0.05, 0.1) is 12.6 Å². The Morgan fingerprint density at radius 1 is 1.47 bits per heavy atom. The average Bonchev–Trinajstić information content (AvgIpc) is 2.35. The zero-order chi connectivity index (χ0) is 12.8.